The van der Waals surface area contributed by atoms with Crippen LogP contribution in [0.2, 0.25) is 0 Å². The molecule has 0 saturated heterocycles. The van der Waals surface area contributed by atoms with Crippen molar-refractivity contribution in [3.8, 4) is 5.75 Å². The van der Waals surface area contributed by atoms with Gasteiger partial charge in [0.2, 0.25) is 0 Å². The molecule has 0 unspecified atom stereocenters. The van der Waals surface area contributed by atoms with Crippen LogP contribution < -0.4 is 15.4 Å². The maximum absolute atomic E-state index is 11.7. The van der Waals surface area contributed by atoms with Crippen molar-refractivity contribution in [1.82, 2.24) is 10.6 Å². The third-order valence-corrected chi connectivity index (χ3v) is 2.88. The zero-order valence-corrected chi connectivity index (χ0v) is 12.9. The Bertz CT molecular complexity index is 711. The van der Waals surface area contributed by atoms with E-state index >= 15 is 0 Å². The lowest BCUT2D eigenvalue weighted by Crippen LogP contribution is -2.41. The van der Waals surface area contributed by atoms with Gasteiger partial charge in [-0.3, -0.25) is 10.1 Å². The number of benzene rings is 1. The Kier molecular flexibility index (Phi) is 5.95. The quantitative estimate of drug-likeness (QED) is 0.776. The number of esters is 1. The zero-order valence-electron chi connectivity index (χ0n) is 12.9. The number of carbonyl (C=O) groups is 3. The van der Waals surface area contributed by atoms with E-state index in [0.717, 1.165) is 0 Å². The zero-order chi connectivity index (χ0) is 17.4. The Balaban J connectivity index is 1.76. The van der Waals surface area contributed by atoms with Gasteiger partial charge in [-0.05, 0) is 30.3 Å². The number of urea groups is 1. The minimum Gasteiger partial charge on any atom is -0.484 e. The number of amides is 3. The first-order valence-electron chi connectivity index (χ1n) is 6.99. The van der Waals surface area contributed by atoms with Gasteiger partial charge in [0.15, 0.2) is 6.61 Å². The Hall–Kier alpha value is -3.29. The van der Waals surface area contributed by atoms with E-state index in [9.17, 15) is 14.4 Å². The summed E-state index contributed by atoms with van der Waals surface area (Å²) in [7, 11) is 1.27. The predicted octanol–water partition coefficient (Wildman–Crippen LogP) is 1.47. The van der Waals surface area contributed by atoms with Gasteiger partial charge in [-0.2, -0.15) is 0 Å². The fraction of sp³-hybridized carbons (Fsp3) is 0.188. The van der Waals surface area contributed by atoms with Crippen molar-refractivity contribution in [2.75, 3.05) is 13.7 Å². The summed E-state index contributed by atoms with van der Waals surface area (Å²) >= 11 is 0. The van der Waals surface area contributed by atoms with E-state index in [0.29, 0.717) is 17.1 Å². The lowest BCUT2D eigenvalue weighted by molar-refractivity contribution is -0.122. The highest BCUT2D eigenvalue weighted by molar-refractivity contribution is 5.95. The number of hydrogen-bond donors (Lipinski definition) is 2. The smallest absolute Gasteiger partial charge is 0.337 e. The van der Waals surface area contributed by atoms with Crippen molar-refractivity contribution in [3.63, 3.8) is 0 Å². The SMILES string of the molecule is COC(=O)c1cccc(OCC(=O)NC(=O)NCc2ccco2)c1. The van der Waals surface area contributed by atoms with Gasteiger partial charge in [0.25, 0.3) is 5.91 Å². The van der Waals surface area contributed by atoms with Crippen LogP contribution in [0.15, 0.2) is 47.1 Å². The van der Waals surface area contributed by atoms with Gasteiger partial charge >= 0.3 is 12.0 Å². The highest BCUT2D eigenvalue weighted by atomic mass is 16.5. The second kappa shape index (κ2) is 8.37. The topological polar surface area (TPSA) is 107 Å². The van der Waals surface area contributed by atoms with E-state index in [-0.39, 0.29) is 13.2 Å². The first kappa shape index (κ1) is 17.1. The molecule has 0 spiro atoms. The van der Waals surface area contributed by atoms with Gasteiger partial charge in [-0.15, -0.1) is 0 Å². The number of hydrogen-bond acceptors (Lipinski definition) is 6. The number of rotatable bonds is 6. The number of nitrogens with one attached hydrogen (secondary N) is 2. The summed E-state index contributed by atoms with van der Waals surface area (Å²) in [6.45, 7) is -0.215. The van der Waals surface area contributed by atoms with Crippen LogP contribution >= 0.6 is 0 Å². The summed E-state index contributed by atoms with van der Waals surface area (Å²) in [6.07, 6.45) is 1.48. The summed E-state index contributed by atoms with van der Waals surface area (Å²) in [5.41, 5.74) is 0.298. The maximum atomic E-state index is 11.7. The van der Waals surface area contributed by atoms with Crippen molar-refractivity contribution in [1.29, 1.82) is 0 Å². The van der Waals surface area contributed by atoms with E-state index < -0.39 is 17.9 Å². The molecular formula is C16H16N2O6. The molecule has 1 aromatic carbocycles. The Labute approximate surface area is 137 Å². The van der Waals surface area contributed by atoms with Gasteiger partial charge in [0.05, 0.1) is 25.5 Å². The highest BCUT2D eigenvalue weighted by Gasteiger charge is 2.10. The van der Waals surface area contributed by atoms with E-state index in [4.69, 9.17) is 9.15 Å². The summed E-state index contributed by atoms with van der Waals surface area (Å²) in [6, 6.07) is 8.89. The van der Waals surface area contributed by atoms with Gasteiger partial charge < -0.3 is 19.2 Å². The van der Waals surface area contributed by atoms with Crippen molar-refractivity contribution in [2.24, 2.45) is 0 Å². The normalized spacial score (nSPS) is 9.88. The first-order chi connectivity index (χ1) is 11.6. The first-order valence-corrected chi connectivity index (χ1v) is 6.99. The Morgan fingerprint density at radius 1 is 1.17 bits per heavy atom. The molecule has 0 fully saturated rings. The minimum atomic E-state index is -0.664. The molecule has 2 aromatic rings. The van der Waals surface area contributed by atoms with Crippen LogP contribution in [-0.4, -0.2) is 31.6 Å². The van der Waals surface area contributed by atoms with Crippen LogP contribution in [0.5, 0.6) is 5.75 Å². The molecule has 24 heavy (non-hydrogen) atoms. The van der Waals surface area contributed by atoms with E-state index in [1.807, 2.05) is 0 Å². The van der Waals surface area contributed by atoms with Gasteiger partial charge in [-0.1, -0.05) is 6.07 Å². The fourth-order valence-electron chi connectivity index (χ4n) is 1.77. The number of ether oxygens (including phenoxy) is 2. The number of imide groups is 1. The van der Waals surface area contributed by atoms with Crippen LogP contribution in [0.25, 0.3) is 0 Å². The van der Waals surface area contributed by atoms with Crippen LogP contribution in [0.4, 0.5) is 4.79 Å². The molecule has 2 N–H and O–H groups in total. The third-order valence-electron chi connectivity index (χ3n) is 2.88. The summed E-state index contributed by atoms with van der Waals surface area (Å²) in [4.78, 5) is 34.6. The van der Waals surface area contributed by atoms with Crippen molar-refractivity contribution in [2.45, 2.75) is 6.54 Å². The summed E-state index contributed by atoms with van der Waals surface area (Å²) < 4.78 is 14.9. The lowest BCUT2D eigenvalue weighted by atomic mass is 10.2. The minimum absolute atomic E-state index is 0.161. The predicted molar refractivity (Wildman–Crippen MR) is 82.4 cm³/mol. The molecule has 0 aliphatic heterocycles. The average molecular weight is 332 g/mol. The lowest BCUT2D eigenvalue weighted by Gasteiger charge is -2.08. The van der Waals surface area contributed by atoms with Gasteiger partial charge in [0, 0.05) is 0 Å². The van der Waals surface area contributed by atoms with E-state index in [2.05, 4.69) is 15.4 Å². The highest BCUT2D eigenvalue weighted by Crippen LogP contribution is 2.13. The molecule has 1 aromatic heterocycles. The second-order valence-corrected chi connectivity index (χ2v) is 4.62. The Morgan fingerprint density at radius 2 is 2.00 bits per heavy atom. The van der Waals surface area contributed by atoms with Gasteiger partial charge in [-0.25, -0.2) is 9.59 Å². The molecular weight excluding hydrogens is 316 g/mol. The number of carbonyl (C=O) groups excluding carboxylic acids is 3. The summed E-state index contributed by atoms with van der Waals surface area (Å²) in [5, 5.41) is 4.58. The number of methoxy groups -OCH3 is 1. The largest absolute Gasteiger partial charge is 0.484 e. The van der Waals surface area contributed by atoms with Crippen LogP contribution in [-0.2, 0) is 16.1 Å². The molecule has 0 radical (unpaired) electrons. The van der Waals surface area contributed by atoms with Crippen LogP contribution in [0.1, 0.15) is 16.1 Å². The van der Waals surface area contributed by atoms with Crippen molar-refractivity contribution >= 4 is 17.9 Å². The maximum Gasteiger partial charge on any atom is 0.337 e. The summed E-state index contributed by atoms with van der Waals surface area (Å²) in [5.74, 6) is -0.268. The average Bonchev–Trinajstić information content (AvgIpc) is 3.11. The van der Waals surface area contributed by atoms with E-state index in [1.165, 1.54) is 19.4 Å². The second-order valence-electron chi connectivity index (χ2n) is 4.62. The van der Waals surface area contributed by atoms with E-state index in [1.54, 1.807) is 30.3 Å². The van der Waals surface area contributed by atoms with Gasteiger partial charge in [0.1, 0.15) is 11.5 Å². The van der Waals surface area contributed by atoms with Crippen LogP contribution in [0.3, 0.4) is 0 Å². The fourth-order valence-corrected chi connectivity index (χ4v) is 1.77. The monoisotopic (exact) mass is 332 g/mol. The molecule has 0 aliphatic carbocycles. The van der Waals surface area contributed by atoms with Crippen molar-refractivity contribution in [3.05, 3.63) is 54.0 Å². The Morgan fingerprint density at radius 3 is 2.71 bits per heavy atom. The number of furan rings is 1. The van der Waals surface area contributed by atoms with Crippen molar-refractivity contribution < 1.29 is 28.3 Å². The molecule has 8 heteroatoms. The molecule has 3 amide bonds. The molecule has 126 valence electrons. The molecule has 0 bridgehead atoms. The standard InChI is InChI=1S/C16H16N2O6/c1-22-15(20)11-4-2-5-12(8-11)24-10-14(19)18-16(21)17-9-13-6-3-7-23-13/h2-8H,9-10H2,1H3,(H2,17,18,19,21). The molecule has 0 saturated carbocycles. The third kappa shape index (κ3) is 5.16. The molecule has 0 atom stereocenters. The molecule has 2 rings (SSSR count). The molecule has 0 aliphatic rings. The molecule has 1 heterocycles. The van der Waals surface area contributed by atoms with Crippen LogP contribution in [0, 0.1) is 0 Å². The molecule has 8 nitrogen and oxygen atoms in total.